The van der Waals surface area contributed by atoms with E-state index in [1.165, 1.54) is 6.07 Å². The number of nitro groups is 1. The predicted octanol–water partition coefficient (Wildman–Crippen LogP) is 3.82. The van der Waals surface area contributed by atoms with Crippen molar-refractivity contribution in [3.63, 3.8) is 0 Å². The number of nitrogens with one attached hydrogen (secondary N) is 1. The van der Waals surface area contributed by atoms with Crippen molar-refractivity contribution in [2.75, 3.05) is 11.9 Å². The number of hydrogen-bond acceptors (Lipinski definition) is 3. The third-order valence-electron chi connectivity index (χ3n) is 1.71. The van der Waals surface area contributed by atoms with Crippen molar-refractivity contribution in [1.29, 1.82) is 0 Å². The zero-order valence-corrected chi connectivity index (χ0v) is 11.1. The van der Waals surface area contributed by atoms with Crippen LogP contribution in [0.4, 0.5) is 15.8 Å². The molecule has 7 heteroatoms. The van der Waals surface area contributed by atoms with Gasteiger partial charge in [0.15, 0.2) is 0 Å². The lowest BCUT2D eigenvalue weighted by atomic mass is 10.2. The molecule has 86 valence electrons. The number of rotatable bonds is 4. The summed E-state index contributed by atoms with van der Waals surface area (Å²) < 4.78 is 13.9. The van der Waals surface area contributed by atoms with E-state index in [-0.39, 0.29) is 15.8 Å². The molecule has 0 heterocycles. The van der Waals surface area contributed by atoms with Gasteiger partial charge in [0.25, 0.3) is 5.69 Å². The molecule has 1 N–H and O–H groups in total. The van der Waals surface area contributed by atoms with Gasteiger partial charge in [0, 0.05) is 11.0 Å². The summed E-state index contributed by atoms with van der Waals surface area (Å²) >= 11 is 6.08. The second kappa shape index (κ2) is 5.40. The molecule has 0 amide bonds. The normalized spacial score (nSPS) is 9.94. The zero-order chi connectivity index (χ0) is 12.3. The van der Waals surface area contributed by atoms with Crippen LogP contribution in [0.25, 0.3) is 0 Å². The highest BCUT2D eigenvalue weighted by Crippen LogP contribution is 2.30. The van der Waals surface area contributed by atoms with Crippen LogP contribution < -0.4 is 5.32 Å². The van der Waals surface area contributed by atoms with Gasteiger partial charge in [-0.2, -0.15) is 0 Å². The number of benzene rings is 1. The van der Waals surface area contributed by atoms with Crippen LogP contribution in [-0.2, 0) is 0 Å². The van der Waals surface area contributed by atoms with Crippen molar-refractivity contribution in [1.82, 2.24) is 0 Å². The summed E-state index contributed by atoms with van der Waals surface area (Å²) in [6.45, 7) is 3.90. The van der Waals surface area contributed by atoms with E-state index in [0.717, 1.165) is 6.07 Å². The molecule has 0 aliphatic carbocycles. The van der Waals surface area contributed by atoms with Gasteiger partial charge in [0.05, 0.1) is 15.5 Å². The van der Waals surface area contributed by atoms with E-state index in [9.17, 15) is 14.5 Å². The van der Waals surface area contributed by atoms with Crippen LogP contribution in [-0.4, -0.2) is 11.5 Å². The summed E-state index contributed by atoms with van der Waals surface area (Å²) in [5, 5.41) is 13.5. The van der Waals surface area contributed by atoms with Crippen molar-refractivity contribution in [3.05, 3.63) is 43.6 Å². The van der Waals surface area contributed by atoms with Crippen molar-refractivity contribution in [2.24, 2.45) is 0 Å². The number of anilines is 1. The summed E-state index contributed by atoms with van der Waals surface area (Å²) in [6.07, 6.45) is 0. The van der Waals surface area contributed by atoms with Crippen LogP contribution in [0.5, 0.6) is 0 Å². The molecule has 1 aromatic rings. The molecule has 0 bridgehead atoms. The van der Waals surface area contributed by atoms with Gasteiger partial charge in [-0.3, -0.25) is 10.1 Å². The summed E-state index contributed by atoms with van der Waals surface area (Å²) in [7, 11) is 0. The molecule has 0 saturated carbocycles. The average molecular weight is 354 g/mol. The standard InChI is InChI=1S/C9H7Br2FN2O2/c1-5(10)4-13-8-2-6(11)7(12)3-9(8)14(15)16/h2-3,13H,1,4H2. The highest BCUT2D eigenvalue weighted by Gasteiger charge is 2.17. The molecular weight excluding hydrogens is 347 g/mol. The van der Waals surface area contributed by atoms with Crippen molar-refractivity contribution < 1.29 is 9.31 Å². The van der Waals surface area contributed by atoms with Crippen LogP contribution >= 0.6 is 31.9 Å². The van der Waals surface area contributed by atoms with Crippen molar-refractivity contribution in [2.45, 2.75) is 0 Å². The molecule has 0 aliphatic rings. The van der Waals surface area contributed by atoms with Crippen LogP contribution in [0.3, 0.4) is 0 Å². The van der Waals surface area contributed by atoms with E-state index in [0.29, 0.717) is 11.0 Å². The molecule has 0 fully saturated rings. The van der Waals surface area contributed by atoms with Crippen LogP contribution in [0.2, 0.25) is 0 Å². The Kier molecular flexibility index (Phi) is 4.43. The topological polar surface area (TPSA) is 55.2 Å². The van der Waals surface area contributed by atoms with Gasteiger partial charge < -0.3 is 5.32 Å². The Morgan fingerprint density at radius 2 is 2.25 bits per heavy atom. The molecular formula is C9H7Br2FN2O2. The quantitative estimate of drug-likeness (QED) is 0.661. The third kappa shape index (κ3) is 3.28. The number of nitro benzene ring substituents is 1. The zero-order valence-electron chi connectivity index (χ0n) is 7.97. The van der Waals surface area contributed by atoms with E-state index in [2.05, 4.69) is 43.8 Å². The SMILES string of the molecule is C=C(Br)CNc1cc(Br)c(F)cc1[N+](=O)[O-]. The summed E-state index contributed by atoms with van der Waals surface area (Å²) in [4.78, 5) is 10.0. The van der Waals surface area contributed by atoms with E-state index >= 15 is 0 Å². The Morgan fingerprint density at radius 3 is 2.75 bits per heavy atom. The van der Waals surface area contributed by atoms with E-state index < -0.39 is 10.7 Å². The number of nitrogens with zero attached hydrogens (tertiary/aromatic N) is 1. The van der Waals surface area contributed by atoms with Crippen LogP contribution in [0, 0.1) is 15.9 Å². The highest BCUT2D eigenvalue weighted by molar-refractivity contribution is 9.11. The first-order chi connectivity index (χ1) is 7.41. The maximum absolute atomic E-state index is 13.1. The Morgan fingerprint density at radius 1 is 1.62 bits per heavy atom. The maximum atomic E-state index is 13.1. The minimum absolute atomic E-state index is 0.167. The molecule has 16 heavy (non-hydrogen) atoms. The monoisotopic (exact) mass is 352 g/mol. The fourth-order valence-corrected chi connectivity index (χ4v) is 1.50. The van der Waals surface area contributed by atoms with Gasteiger partial charge in [-0.1, -0.05) is 22.5 Å². The first kappa shape index (κ1) is 13.1. The molecule has 0 saturated heterocycles. The second-order valence-corrected chi connectivity index (χ2v) is 4.89. The molecule has 1 aromatic carbocycles. The second-order valence-electron chi connectivity index (χ2n) is 2.91. The van der Waals surface area contributed by atoms with E-state index in [1.807, 2.05) is 0 Å². The third-order valence-corrected chi connectivity index (χ3v) is 2.59. The highest BCUT2D eigenvalue weighted by atomic mass is 79.9. The number of halogens is 3. The lowest BCUT2D eigenvalue weighted by Gasteiger charge is -2.07. The Bertz CT molecular complexity index is 451. The minimum Gasteiger partial charge on any atom is -0.375 e. The van der Waals surface area contributed by atoms with Crippen molar-refractivity contribution >= 4 is 43.2 Å². The van der Waals surface area contributed by atoms with Gasteiger partial charge in [-0.25, -0.2) is 4.39 Å². The first-order valence-electron chi connectivity index (χ1n) is 4.12. The largest absolute Gasteiger partial charge is 0.375 e. The lowest BCUT2D eigenvalue weighted by Crippen LogP contribution is -2.04. The molecule has 4 nitrogen and oxygen atoms in total. The van der Waals surface area contributed by atoms with Gasteiger partial charge in [0.2, 0.25) is 0 Å². The van der Waals surface area contributed by atoms with E-state index in [4.69, 9.17) is 0 Å². The fraction of sp³-hybridized carbons (Fsp3) is 0.111. The molecule has 0 unspecified atom stereocenters. The van der Waals surface area contributed by atoms with Gasteiger partial charge in [-0.15, -0.1) is 0 Å². The fourth-order valence-electron chi connectivity index (χ4n) is 1.02. The molecule has 0 aliphatic heterocycles. The number of hydrogen-bond donors (Lipinski definition) is 1. The summed E-state index contributed by atoms with van der Waals surface area (Å²) in [6, 6.07) is 2.19. The Hall–Kier alpha value is -0.950. The smallest absolute Gasteiger partial charge is 0.295 e. The van der Waals surface area contributed by atoms with Gasteiger partial charge >= 0.3 is 0 Å². The van der Waals surface area contributed by atoms with Crippen LogP contribution in [0.15, 0.2) is 27.7 Å². The first-order valence-corrected chi connectivity index (χ1v) is 5.71. The van der Waals surface area contributed by atoms with Gasteiger partial charge in [-0.05, 0) is 22.0 Å². The van der Waals surface area contributed by atoms with E-state index in [1.54, 1.807) is 0 Å². The lowest BCUT2D eigenvalue weighted by molar-refractivity contribution is -0.384. The molecule has 0 aromatic heterocycles. The molecule has 0 spiro atoms. The summed E-state index contributed by atoms with van der Waals surface area (Å²) in [5.74, 6) is -0.671. The van der Waals surface area contributed by atoms with Gasteiger partial charge in [0.1, 0.15) is 11.5 Å². The maximum Gasteiger partial charge on any atom is 0.295 e. The molecule has 1 rings (SSSR count). The molecule has 0 atom stereocenters. The minimum atomic E-state index is -0.671. The van der Waals surface area contributed by atoms with Crippen LogP contribution in [0.1, 0.15) is 0 Å². The predicted molar refractivity (Wildman–Crippen MR) is 67.3 cm³/mol. The Balaban J connectivity index is 3.09. The van der Waals surface area contributed by atoms with Crippen molar-refractivity contribution in [3.8, 4) is 0 Å². The molecule has 0 radical (unpaired) electrons. The summed E-state index contributed by atoms with van der Waals surface area (Å²) in [5.41, 5.74) is -0.0756. The Labute approximate surface area is 108 Å². The average Bonchev–Trinajstić information content (AvgIpc) is 2.18.